The summed E-state index contributed by atoms with van der Waals surface area (Å²) in [5.74, 6) is -1.38. The maximum absolute atomic E-state index is 13.8. The Morgan fingerprint density at radius 1 is 1.16 bits per heavy atom. The van der Waals surface area contributed by atoms with Crippen LogP contribution < -0.4 is 5.32 Å². The number of carbonyl (C=O) groups is 1. The summed E-state index contributed by atoms with van der Waals surface area (Å²) in [4.78, 5) is 12.7. The summed E-state index contributed by atoms with van der Waals surface area (Å²) in [7, 11) is 0. The fourth-order valence-electron chi connectivity index (χ4n) is 3.96. The first-order valence-electron chi connectivity index (χ1n) is 9.94. The highest BCUT2D eigenvalue weighted by atomic mass is 19.4. The minimum Gasteiger partial charge on any atom is -0.338 e. The molecular weight excluding hydrogens is 416 g/mol. The minimum atomic E-state index is -4.87. The van der Waals surface area contributed by atoms with Gasteiger partial charge < -0.3 is 4.52 Å². The lowest BCUT2D eigenvalue weighted by Crippen LogP contribution is -2.21. The Hall–Kier alpha value is -3.17. The molecule has 0 unspecified atom stereocenters. The van der Waals surface area contributed by atoms with Gasteiger partial charge in [0.05, 0.1) is 23.1 Å². The van der Waals surface area contributed by atoms with Crippen LogP contribution in [0.4, 0.5) is 23.4 Å². The number of rotatable bonds is 4. The van der Waals surface area contributed by atoms with Crippen LogP contribution in [0.25, 0.3) is 5.69 Å². The maximum Gasteiger partial charge on any atom is 0.434 e. The third kappa shape index (κ3) is 4.19. The Kier molecular flexibility index (Phi) is 5.55. The standard InChI is InChI=1S/C21H20F4N4O2/c1-12-17(13-5-3-2-4-6-13)28-31-20(12)27-19(30)16-11-26-29(18(16)21(23,24)25)15-9-7-14(22)8-10-15/h7-11,13H,2-6H2,1H3,(H,27,30). The van der Waals surface area contributed by atoms with E-state index in [0.717, 1.165) is 68.3 Å². The van der Waals surface area contributed by atoms with Crippen LogP contribution in [0.5, 0.6) is 0 Å². The first-order chi connectivity index (χ1) is 14.8. The van der Waals surface area contributed by atoms with Gasteiger partial charge in [-0.1, -0.05) is 24.4 Å². The number of carbonyl (C=O) groups excluding carboxylic acids is 1. The van der Waals surface area contributed by atoms with Gasteiger partial charge in [-0.2, -0.15) is 18.3 Å². The van der Waals surface area contributed by atoms with E-state index in [-0.39, 0.29) is 17.5 Å². The topological polar surface area (TPSA) is 73.0 Å². The van der Waals surface area contributed by atoms with E-state index in [9.17, 15) is 22.4 Å². The molecule has 0 saturated heterocycles. The van der Waals surface area contributed by atoms with Crippen molar-refractivity contribution in [3.63, 3.8) is 0 Å². The largest absolute Gasteiger partial charge is 0.434 e. The smallest absolute Gasteiger partial charge is 0.338 e. The maximum atomic E-state index is 13.8. The molecule has 10 heteroatoms. The van der Waals surface area contributed by atoms with Crippen molar-refractivity contribution in [2.45, 2.75) is 51.1 Å². The first-order valence-corrected chi connectivity index (χ1v) is 9.94. The molecule has 6 nitrogen and oxygen atoms in total. The predicted octanol–water partition coefficient (Wildman–Crippen LogP) is 5.63. The second-order valence-electron chi connectivity index (χ2n) is 7.60. The molecule has 0 aliphatic heterocycles. The molecular formula is C21H20F4N4O2. The van der Waals surface area contributed by atoms with Crippen molar-refractivity contribution in [1.29, 1.82) is 0 Å². The number of hydrogen-bond donors (Lipinski definition) is 1. The molecule has 0 radical (unpaired) electrons. The first kappa shape index (κ1) is 21.1. The summed E-state index contributed by atoms with van der Waals surface area (Å²) in [6.07, 6.45) is 1.20. The number of nitrogens with zero attached hydrogens (tertiary/aromatic N) is 3. The number of aromatic nitrogens is 3. The second kappa shape index (κ2) is 8.16. The Morgan fingerprint density at radius 3 is 2.48 bits per heavy atom. The van der Waals surface area contributed by atoms with E-state index in [4.69, 9.17) is 4.52 Å². The van der Waals surface area contributed by atoms with Crippen LogP contribution >= 0.6 is 0 Å². The van der Waals surface area contributed by atoms with Crippen LogP contribution in [0.2, 0.25) is 0 Å². The number of benzene rings is 1. The van der Waals surface area contributed by atoms with Gasteiger partial charge >= 0.3 is 6.18 Å². The number of alkyl halides is 3. The summed E-state index contributed by atoms with van der Waals surface area (Å²) in [5, 5.41) is 10.2. The average molecular weight is 436 g/mol. The molecule has 2 heterocycles. The van der Waals surface area contributed by atoms with Gasteiger partial charge in [0.25, 0.3) is 5.91 Å². The number of nitrogens with one attached hydrogen (secondary N) is 1. The molecule has 2 aromatic heterocycles. The molecule has 0 atom stereocenters. The van der Waals surface area contributed by atoms with E-state index in [2.05, 4.69) is 15.6 Å². The van der Waals surface area contributed by atoms with Crippen LogP contribution in [0, 0.1) is 12.7 Å². The molecule has 1 aromatic carbocycles. The van der Waals surface area contributed by atoms with E-state index in [1.807, 2.05) is 0 Å². The van der Waals surface area contributed by atoms with Gasteiger partial charge in [0.2, 0.25) is 5.88 Å². The Bertz CT molecular complexity index is 1080. The third-order valence-corrected chi connectivity index (χ3v) is 5.53. The summed E-state index contributed by atoms with van der Waals surface area (Å²) in [5.41, 5.74) is -0.621. The highest BCUT2D eigenvalue weighted by molar-refractivity contribution is 6.04. The molecule has 1 N–H and O–H groups in total. The normalized spacial score (nSPS) is 15.3. The Balaban J connectivity index is 1.63. The molecule has 1 saturated carbocycles. The molecule has 164 valence electrons. The van der Waals surface area contributed by atoms with Crippen LogP contribution in [-0.4, -0.2) is 20.8 Å². The number of amides is 1. The average Bonchev–Trinajstić information content (AvgIpc) is 3.34. The van der Waals surface area contributed by atoms with Crippen LogP contribution in [0.15, 0.2) is 35.0 Å². The van der Waals surface area contributed by atoms with Crippen LogP contribution in [-0.2, 0) is 6.18 Å². The lowest BCUT2D eigenvalue weighted by atomic mass is 9.86. The Morgan fingerprint density at radius 2 is 1.84 bits per heavy atom. The summed E-state index contributed by atoms with van der Waals surface area (Å²) in [6, 6.07) is 4.33. The van der Waals surface area contributed by atoms with Crippen molar-refractivity contribution in [3.8, 4) is 5.69 Å². The van der Waals surface area contributed by atoms with Crippen LogP contribution in [0.3, 0.4) is 0 Å². The SMILES string of the molecule is Cc1c(C2CCCCC2)noc1NC(=O)c1cnn(-c2ccc(F)cc2)c1C(F)(F)F. The fourth-order valence-corrected chi connectivity index (χ4v) is 3.96. The monoisotopic (exact) mass is 436 g/mol. The molecule has 1 aliphatic carbocycles. The summed E-state index contributed by atoms with van der Waals surface area (Å²) in [6.45, 7) is 1.72. The molecule has 4 rings (SSSR count). The zero-order valence-electron chi connectivity index (χ0n) is 16.7. The van der Waals surface area contributed by atoms with Gasteiger partial charge in [-0.3, -0.25) is 10.1 Å². The van der Waals surface area contributed by atoms with E-state index < -0.39 is 29.2 Å². The molecule has 31 heavy (non-hydrogen) atoms. The quantitative estimate of drug-likeness (QED) is 0.539. The third-order valence-electron chi connectivity index (χ3n) is 5.53. The van der Waals surface area contributed by atoms with Gasteiger partial charge in [0, 0.05) is 11.5 Å². The zero-order valence-corrected chi connectivity index (χ0v) is 16.7. The molecule has 1 fully saturated rings. The summed E-state index contributed by atoms with van der Waals surface area (Å²) >= 11 is 0. The van der Waals surface area contributed by atoms with Crippen molar-refractivity contribution in [2.24, 2.45) is 0 Å². The Labute approximate surface area is 175 Å². The van der Waals surface area contributed by atoms with Crippen LogP contribution in [0.1, 0.15) is 65.3 Å². The van der Waals surface area contributed by atoms with Crippen molar-refractivity contribution < 1.29 is 26.9 Å². The van der Waals surface area contributed by atoms with Crippen molar-refractivity contribution in [2.75, 3.05) is 5.32 Å². The molecule has 1 aliphatic rings. The highest BCUT2D eigenvalue weighted by Gasteiger charge is 2.41. The number of halogens is 4. The molecule has 0 spiro atoms. The van der Waals surface area contributed by atoms with E-state index in [1.54, 1.807) is 6.92 Å². The van der Waals surface area contributed by atoms with Gasteiger partial charge in [0.1, 0.15) is 5.82 Å². The molecule has 0 bridgehead atoms. The van der Waals surface area contributed by atoms with E-state index >= 15 is 0 Å². The van der Waals surface area contributed by atoms with Crippen molar-refractivity contribution in [3.05, 3.63) is 58.8 Å². The molecule has 1 amide bonds. The van der Waals surface area contributed by atoms with E-state index in [0.29, 0.717) is 10.2 Å². The predicted molar refractivity (Wildman–Crippen MR) is 104 cm³/mol. The lowest BCUT2D eigenvalue weighted by molar-refractivity contribution is -0.143. The van der Waals surface area contributed by atoms with Crippen molar-refractivity contribution >= 4 is 11.8 Å². The molecule has 3 aromatic rings. The van der Waals surface area contributed by atoms with Gasteiger partial charge in [-0.15, -0.1) is 0 Å². The summed E-state index contributed by atoms with van der Waals surface area (Å²) < 4.78 is 60.3. The highest BCUT2D eigenvalue weighted by Crippen LogP contribution is 2.37. The van der Waals surface area contributed by atoms with Gasteiger partial charge in [-0.05, 0) is 44.0 Å². The number of anilines is 1. The fraction of sp³-hybridized carbons (Fsp3) is 0.381. The number of hydrogen-bond acceptors (Lipinski definition) is 4. The second-order valence-corrected chi connectivity index (χ2v) is 7.60. The van der Waals surface area contributed by atoms with Gasteiger partial charge in [-0.25, -0.2) is 9.07 Å². The lowest BCUT2D eigenvalue weighted by Gasteiger charge is -2.19. The van der Waals surface area contributed by atoms with Crippen molar-refractivity contribution in [1.82, 2.24) is 14.9 Å². The van der Waals surface area contributed by atoms with Gasteiger partial charge in [0.15, 0.2) is 5.69 Å². The zero-order chi connectivity index (χ0) is 22.2. The minimum absolute atomic E-state index is 0.0215. The van der Waals surface area contributed by atoms with E-state index in [1.165, 1.54) is 0 Å².